The zero-order valence-electron chi connectivity index (χ0n) is 12.5. The normalized spacial score (nSPS) is 10.6. The van der Waals surface area contributed by atoms with Crippen LogP contribution in [0.1, 0.15) is 5.82 Å². The summed E-state index contributed by atoms with van der Waals surface area (Å²) in [7, 11) is 4.06. The average molecular weight is 278 g/mol. The van der Waals surface area contributed by atoms with Crippen LogP contribution in [-0.2, 0) is 0 Å². The fourth-order valence-electron chi connectivity index (χ4n) is 2.27. The Morgan fingerprint density at radius 3 is 2.33 bits per heavy atom. The van der Waals surface area contributed by atoms with Crippen molar-refractivity contribution in [1.82, 2.24) is 9.97 Å². The second kappa shape index (κ2) is 5.40. The molecule has 1 N–H and O–H groups in total. The van der Waals surface area contributed by atoms with E-state index in [1.165, 1.54) is 5.69 Å². The molecule has 0 aliphatic carbocycles. The Labute approximate surface area is 124 Å². The van der Waals surface area contributed by atoms with Gasteiger partial charge in [0, 0.05) is 30.9 Å². The number of hydrogen-bond acceptors (Lipinski definition) is 4. The van der Waals surface area contributed by atoms with Gasteiger partial charge in [-0.25, -0.2) is 9.97 Å². The first-order valence-corrected chi connectivity index (χ1v) is 6.91. The van der Waals surface area contributed by atoms with Gasteiger partial charge in [0.2, 0.25) is 0 Å². The van der Waals surface area contributed by atoms with E-state index in [1.807, 2.05) is 45.3 Å². The monoisotopic (exact) mass is 278 g/mol. The summed E-state index contributed by atoms with van der Waals surface area (Å²) >= 11 is 0. The van der Waals surface area contributed by atoms with Crippen molar-refractivity contribution in [3.63, 3.8) is 0 Å². The van der Waals surface area contributed by atoms with Crippen LogP contribution in [0.15, 0.2) is 48.5 Å². The molecule has 106 valence electrons. The van der Waals surface area contributed by atoms with Crippen LogP contribution in [-0.4, -0.2) is 24.1 Å². The number of rotatable bonds is 3. The molecule has 1 heterocycles. The summed E-state index contributed by atoms with van der Waals surface area (Å²) in [5, 5.41) is 4.41. The second-order valence-electron chi connectivity index (χ2n) is 5.20. The molecular formula is C17H18N4. The van der Waals surface area contributed by atoms with Gasteiger partial charge >= 0.3 is 0 Å². The van der Waals surface area contributed by atoms with Crippen molar-refractivity contribution in [2.45, 2.75) is 6.92 Å². The van der Waals surface area contributed by atoms with Crippen molar-refractivity contribution in [3.05, 3.63) is 54.4 Å². The lowest BCUT2D eigenvalue weighted by molar-refractivity contribution is 1.09. The molecular weight excluding hydrogens is 260 g/mol. The van der Waals surface area contributed by atoms with E-state index in [-0.39, 0.29) is 0 Å². The van der Waals surface area contributed by atoms with Gasteiger partial charge in [0.15, 0.2) is 0 Å². The maximum Gasteiger partial charge on any atom is 0.142 e. The van der Waals surface area contributed by atoms with Crippen molar-refractivity contribution >= 4 is 28.1 Å². The maximum atomic E-state index is 4.52. The molecule has 0 saturated carbocycles. The van der Waals surface area contributed by atoms with E-state index >= 15 is 0 Å². The predicted molar refractivity (Wildman–Crippen MR) is 88.3 cm³/mol. The summed E-state index contributed by atoms with van der Waals surface area (Å²) in [6, 6.07) is 16.3. The van der Waals surface area contributed by atoms with Gasteiger partial charge in [-0.15, -0.1) is 0 Å². The number of nitrogens with one attached hydrogen (secondary N) is 1. The fraction of sp³-hybridized carbons (Fsp3) is 0.176. The molecule has 3 rings (SSSR count). The van der Waals surface area contributed by atoms with Crippen LogP contribution < -0.4 is 10.2 Å². The highest BCUT2D eigenvalue weighted by molar-refractivity contribution is 5.90. The van der Waals surface area contributed by atoms with Crippen LogP contribution >= 0.6 is 0 Å². The Morgan fingerprint density at radius 1 is 0.905 bits per heavy atom. The molecule has 0 aliphatic rings. The maximum absolute atomic E-state index is 4.52. The van der Waals surface area contributed by atoms with E-state index in [9.17, 15) is 0 Å². The van der Waals surface area contributed by atoms with Gasteiger partial charge < -0.3 is 10.2 Å². The van der Waals surface area contributed by atoms with Gasteiger partial charge in [0.25, 0.3) is 0 Å². The minimum atomic E-state index is 0.765. The summed E-state index contributed by atoms with van der Waals surface area (Å²) in [5.74, 6) is 1.61. The zero-order chi connectivity index (χ0) is 14.8. The molecule has 2 aromatic carbocycles. The van der Waals surface area contributed by atoms with E-state index in [4.69, 9.17) is 0 Å². The summed E-state index contributed by atoms with van der Waals surface area (Å²) in [5.41, 5.74) is 3.14. The first-order chi connectivity index (χ1) is 10.1. The van der Waals surface area contributed by atoms with E-state index < -0.39 is 0 Å². The van der Waals surface area contributed by atoms with Crippen LogP contribution in [0.2, 0.25) is 0 Å². The molecule has 21 heavy (non-hydrogen) atoms. The van der Waals surface area contributed by atoms with Gasteiger partial charge in [0.05, 0.1) is 5.52 Å². The molecule has 4 heteroatoms. The predicted octanol–water partition coefficient (Wildman–Crippen LogP) is 3.75. The molecule has 4 nitrogen and oxygen atoms in total. The summed E-state index contributed by atoms with van der Waals surface area (Å²) in [4.78, 5) is 11.1. The molecule has 0 spiro atoms. The molecule has 0 saturated heterocycles. The first-order valence-electron chi connectivity index (χ1n) is 6.91. The summed E-state index contributed by atoms with van der Waals surface area (Å²) < 4.78 is 0. The summed E-state index contributed by atoms with van der Waals surface area (Å²) in [6.45, 7) is 1.91. The molecule has 0 radical (unpaired) electrons. The number of hydrogen-bond donors (Lipinski definition) is 1. The lowest BCUT2D eigenvalue weighted by atomic mass is 10.2. The third kappa shape index (κ3) is 2.79. The zero-order valence-corrected chi connectivity index (χ0v) is 12.5. The average Bonchev–Trinajstić information content (AvgIpc) is 2.47. The quantitative estimate of drug-likeness (QED) is 0.792. The van der Waals surface area contributed by atoms with Gasteiger partial charge in [-0.3, -0.25) is 0 Å². The third-order valence-electron chi connectivity index (χ3n) is 3.36. The number of anilines is 3. The largest absolute Gasteiger partial charge is 0.378 e. The van der Waals surface area contributed by atoms with Crippen LogP contribution in [0.3, 0.4) is 0 Å². The van der Waals surface area contributed by atoms with E-state index in [1.54, 1.807) is 0 Å². The Morgan fingerprint density at radius 2 is 1.62 bits per heavy atom. The Hall–Kier alpha value is -2.62. The van der Waals surface area contributed by atoms with Gasteiger partial charge in [-0.2, -0.15) is 0 Å². The highest BCUT2D eigenvalue weighted by atomic mass is 15.1. The highest BCUT2D eigenvalue weighted by Crippen LogP contribution is 2.24. The van der Waals surface area contributed by atoms with Crippen LogP contribution in [0.4, 0.5) is 17.2 Å². The number of para-hydroxylation sites is 1. The van der Waals surface area contributed by atoms with Crippen LogP contribution in [0, 0.1) is 6.92 Å². The number of aromatic nitrogens is 2. The minimum Gasteiger partial charge on any atom is -0.378 e. The van der Waals surface area contributed by atoms with Crippen LogP contribution in [0.5, 0.6) is 0 Å². The van der Waals surface area contributed by atoms with E-state index in [0.717, 1.165) is 28.2 Å². The van der Waals surface area contributed by atoms with Gasteiger partial charge in [0.1, 0.15) is 11.6 Å². The number of fused-ring (bicyclic) bond motifs is 1. The van der Waals surface area contributed by atoms with Crippen molar-refractivity contribution in [2.75, 3.05) is 24.3 Å². The third-order valence-corrected chi connectivity index (χ3v) is 3.36. The lowest BCUT2D eigenvalue weighted by Gasteiger charge is -2.14. The van der Waals surface area contributed by atoms with E-state index in [2.05, 4.69) is 44.5 Å². The fourth-order valence-corrected chi connectivity index (χ4v) is 2.27. The minimum absolute atomic E-state index is 0.765. The topological polar surface area (TPSA) is 41.1 Å². The Bertz CT molecular complexity index is 763. The first kappa shape index (κ1) is 13.4. The molecule has 0 fully saturated rings. The Balaban J connectivity index is 1.97. The molecule has 0 aliphatic heterocycles. The van der Waals surface area contributed by atoms with Gasteiger partial charge in [-0.1, -0.05) is 12.1 Å². The molecule has 1 aromatic heterocycles. The molecule has 0 atom stereocenters. The lowest BCUT2D eigenvalue weighted by Crippen LogP contribution is -2.08. The standard InChI is InChI=1S/C17H18N4/c1-12-18-16-7-5-4-6-15(16)17(19-12)20-13-8-10-14(11-9-13)21(2)3/h4-11H,1-3H3,(H,18,19,20). The smallest absolute Gasteiger partial charge is 0.142 e. The molecule has 0 unspecified atom stereocenters. The SMILES string of the molecule is Cc1nc(Nc2ccc(N(C)C)cc2)c2ccccc2n1. The number of aryl methyl sites for hydroxylation is 1. The molecule has 0 amide bonds. The highest BCUT2D eigenvalue weighted by Gasteiger charge is 2.05. The summed E-state index contributed by atoms with van der Waals surface area (Å²) in [6.07, 6.45) is 0. The molecule has 3 aromatic rings. The Kier molecular flexibility index (Phi) is 3.44. The van der Waals surface area contributed by atoms with Crippen molar-refractivity contribution < 1.29 is 0 Å². The van der Waals surface area contributed by atoms with Crippen molar-refractivity contribution in [3.8, 4) is 0 Å². The number of benzene rings is 2. The van der Waals surface area contributed by atoms with Gasteiger partial charge in [-0.05, 0) is 43.3 Å². The second-order valence-corrected chi connectivity index (χ2v) is 5.20. The number of nitrogens with zero attached hydrogens (tertiary/aromatic N) is 3. The van der Waals surface area contributed by atoms with Crippen molar-refractivity contribution in [1.29, 1.82) is 0 Å². The van der Waals surface area contributed by atoms with Crippen molar-refractivity contribution in [2.24, 2.45) is 0 Å². The molecule has 0 bridgehead atoms. The van der Waals surface area contributed by atoms with Crippen LogP contribution in [0.25, 0.3) is 10.9 Å². The van der Waals surface area contributed by atoms with E-state index in [0.29, 0.717) is 0 Å².